The van der Waals surface area contributed by atoms with E-state index in [0.717, 1.165) is 0 Å². The van der Waals surface area contributed by atoms with Crippen LogP contribution in [0.4, 0.5) is 13.2 Å². The highest BCUT2D eigenvalue weighted by molar-refractivity contribution is 5.92. The van der Waals surface area contributed by atoms with Crippen LogP contribution < -0.4 is 5.73 Å². The van der Waals surface area contributed by atoms with Gasteiger partial charge in [0.15, 0.2) is 0 Å². The largest absolute Gasteiger partial charge is 0.490 e. The van der Waals surface area contributed by atoms with Gasteiger partial charge in [-0.25, -0.2) is 4.79 Å². The van der Waals surface area contributed by atoms with Crippen molar-refractivity contribution in [1.29, 1.82) is 0 Å². The number of hydrogen-bond acceptors (Lipinski definition) is 4. The van der Waals surface area contributed by atoms with Crippen LogP contribution in [0.25, 0.3) is 0 Å². The van der Waals surface area contributed by atoms with E-state index in [0.29, 0.717) is 5.56 Å². The molecule has 1 aromatic heterocycles. The number of carbonyl (C=O) groups excluding carboxylic acids is 1. The van der Waals surface area contributed by atoms with E-state index >= 15 is 0 Å². The van der Waals surface area contributed by atoms with Gasteiger partial charge in [0.05, 0.1) is 18.0 Å². The fourth-order valence-electron chi connectivity index (χ4n) is 0.436. The summed E-state index contributed by atoms with van der Waals surface area (Å²) in [6.07, 6.45) is -2.34. The lowest BCUT2D eigenvalue weighted by Gasteiger charge is -1.93. The quantitative estimate of drug-likeness (QED) is 0.726. The number of nitrogens with two attached hydrogens (primary N) is 1. The number of carbonyl (C=O) groups is 2. The molecule has 1 rings (SSSR count). The number of hydrogen-bond donors (Lipinski definition) is 2. The molecule has 6 nitrogen and oxygen atoms in total. The van der Waals surface area contributed by atoms with Gasteiger partial charge in [0.2, 0.25) is 5.91 Å². The summed E-state index contributed by atoms with van der Waals surface area (Å²) in [5, 5.41) is 14.1. The van der Waals surface area contributed by atoms with E-state index in [1.807, 2.05) is 0 Å². The molecule has 16 heavy (non-hydrogen) atoms. The van der Waals surface area contributed by atoms with E-state index in [1.165, 1.54) is 18.5 Å². The van der Waals surface area contributed by atoms with Crippen LogP contribution in [0, 0.1) is 0 Å². The Balaban J connectivity index is 0.000000293. The molecule has 0 bridgehead atoms. The summed E-state index contributed by atoms with van der Waals surface area (Å²) in [5.74, 6) is -3.24. The normalized spacial score (nSPS) is 9.94. The van der Waals surface area contributed by atoms with Gasteiger partial charge >= 0.3 is 12.1 Å². The van der Waals surface area contributed by atoms with Crippen molar-refractivity contribution >= 4 is 11.9 Å². The first-order chi connectivity index (χ1) is 7.25. The topological polar surface area (TPSA) is 106 Å². The van der Waals surface area contributed by atoms with Crippen LogP contribution in [-0.4, -0.2) is 33.4 Å². The highest BCUT2D eigenvalue weighted by Gasteiger charge is 2.38. The molecule has 0 spiro atoms. The summed E-state index contributed by atoms with van der Waals surface area (Å²) < 4.78 is 31.7. The maximum Gasteiger partial charge on any atom is 0.490 e. The zero-order valence-electron chi connectivity index (χ0n) is 7.60. The van der Waals surface area contributed by atoms with E-state index < -0.39 is 18.1 Å². The second-order valence-electron chi connectivity index (χ2n) is 2.30. The van der Waals surface area contributed by atoms with Crippen LogP contribution >= 0.6 is 0 Å². The Bertz CT molecular complexity index is 366. The van der Waals surface area contributed by atoms with Crippen molar-refractivity contribution in [3.05, 3.63) is 24.0 Å². The van der Waals surface area contributed by atoms with Gasteiger partial charge in [-0.15, -0.1) is 0 Å². The van der Waals surface area contributed by atoms with Crippen LogP contribution in [0.15, 0.2) is 18.5 Å². The number of amides is 1. The second kappa shape index (κ2) is 5.63. The molecule has 1 aromatic rings. The number of halogens is 3. The van der Waals surface area contributed by atoms with E-state index in [2.05, 4.69) is 10.2 Å². The van der Waals surface area contributed by atoms with Crippen molar-refractivity contribution in [3.63, 3.8) is 0 Å². The van der Waals surface area contributed by atoms with E-state index in [-0.39, 0.29) is 0 Å². The van der Waals surface area contributed by atoms with Crippen molar-refractivity contribution in [1.82, 2.24) is 10.2 Å². The van der Waals surface area contributed by atoms with Gasteiger partial charge < -0.3 is 10.8 Å². The summed E-state index contributed by atoms with van der Waals surface area (Å²) in [4.78, 5) is 19.3. The summed E-state index contributed by atoms with van der Waals surface area (Å²) >= 11 is 0. The number of carboxylic acid groups (broad SMARTS) is 1. The smallest absolute Gasteiger partial charge is 0.475 e. The van der Waals surface area contributed by atoms with E-state index in [9.17, 15) is 18.0 Å². The first kappa shape index (κ1) is 13.8. The maximum atomic E-state index is 10.6. The number of carboxylic acids is 1. The Morgan fingerprint density at radius 3 is 2.00 bits per heavy atom. The number of aliphatic carboxylic acids is 1. The van der Waals surface area contributed by atoms with Gasteiger partial charge in [0.1, 0.15) is 0 Å². The van der Waals surface area contributed by atoms with Crippen molar-refractivity contribution in [3.8, 4) is 0 Å². The minimum atomic E-state index is -5.08. The molecule has 9 heteroatoms. The third-order valence-corrected chi connectivity index (χ3v) is 1.11. The summed E-state index contributed by atoms with van der Waals surface area (Å²) in [6.45, 7) is 0. The molecular formula is C7H6F3N3O3. The van der Waals surface area contributed by atoms with Gasteiger partial charge in [0.25, 0.3) is 0 Å². The molecule has 0 aliphatic carbocycles. The SMILES string of the molecule is NC(=O)c1ccnnc1.O=C(O)C(F)(F)F. The lowest BCUT2D eigenvalue weighted by Crippen LogP contribution is -2.21. The zero-order valence-corrected chi connectivity index (χ0v) is 7.60. The van der Waals surface area contributed by atoms with Crippen LogP contribution in [-0.2, 0) is 4.79 Å². The summed E-state index contributed by atoms with van der Waals surface area (Å²) in [7, 11) is 0. The van der Waals surface area contributed by atoms with Crippen molar-refractivity contribution < 1.29 is 27.9 Å². The molecule has 1 heterocycles. The van der Waals surface area contributed by atoms with Gasteiger partial charge in [-0.2, -0.15) is 23.4 Å². The molecular weight excluding hydrogens is 231 g/mol. The Morgan fingerprint density at radius 2 is 1.81 bits per heavy atom. The van der Waals surface area contributed by atoms with E-state index in [1.54, 1.807) is 0 Å². The Hall–Kier alpha value is -2.19. The fraction of sp³-hybridized carbons (Fsp3) is 0.143. The van der Waals surface area contributed by atoms with Crippen molar-refractivity contribution in [2.75, 3.05) is 0 Å². The maximum absolute atomic E-state index is 10.6. The molecule has 0 radical (unpaired) electrons. The molecule has 0 fully saturated rings. The summed E-state index contributed by atoms with van der Waals surface area (Å²) in [6, 6.07) is 1.51. The second-order valence-corrected chi connectivity index (χ2v) is 2.30. The molecule has 0 aromatic carbocycles. The number of alkyl halides is 3. The van der Waals surface area contributed by atoms with Crippen LogP contribution in [0.1, 0.15) is 10.4 Å². The average molecular weight is 237 g/mol. The molecule has 0 saturated heterocycles. The minimum Gasteiger partial charge on any atom is -0.475 e. The van der Waals surface area contributed by atoms with Crippen molar-refractivity contribution in [2.24, 2.45) is 5.73 Å². The van der Waals surface area contributed by atoms with Gasteiger partial charge in [-0.1, -0.05) is 0 Å². The third-order valence-electron chi connectivity index (χ3n) is 1.11. The predicted octanol–water partition coefficient (Wildman–Crippen LogP) is 0.209. The first-order valence-corrected chi connectivity index (χ1v) is 3.61. The zero-order chi connectivity index (χ0) is 12.8. The van der Waals surface area contributed by atoms with Gasteiger partial charge in [0, 0.05) is 0 Å². The standard InChI is InChI=1S/C5H5N3O.C2HF3O2/c6-5(9)4-1-2-7-8-3-4;3-2(4,5)1(6)7/h1-3H,(H2,6,9);(H,6,7). The Labute approximate surface area is 86.9 Å². The highest BCUT2D eigenvalue weighted by atomic mass is 19.4. The molecule has 0 saturated carbocycles. The lowest BCUT2D eigenvalue weighted by atomic mass is 10.3. The predicted molar refractivity (Wildman–Crippen MR) is 44.2 cm³/mol. The number of aromatic nitrogens is 2. The number of primary amides is 1. The van der Waals surface area contributed by atoms with Crippen LogP contribution in [0.5, 0.6) is 0 Å². The number of rotatable bonds is 1. The van der Waals surface area contributed by atoms with Crippen LogP contribution in [0.2, 0.25) is 0 Å². The summed E-state index contributed by atoms with van der Waals surface area (Å²) in [5.41, 5.74) is 5.29. The highest BCUT2D eigenvalue weighted by Crippen LogP contribution is 2.13. The van der Waals surface area contributed by atoms with Gasteiger partial charge in [-0.3, -0.25) is 4.79 Å². The monoisotopic (exact) mass is 237 g/mol. The van der Waals surface area contributed by atoms with E-state index in [4.69, 9.17) is 15.6 Å². The molecule has 3 N–H and O–H groups in total. The third kappa shape index (κ3) is 5.52. The molecule has 0 atom stereocenters. The fourth-order valence-corrected chi connectivity index (χ4v) is 0.436. The Kier molecular flexibility index (Phi) is 4.86. The van der Waals surface area contributed by atoms with Crippen molar-refractivity contribution in [2.45, 2.75) is 6.18 Å². The molecule has 0 aliphatic heterocycles. The molecule has 88 valence electrons. The lowest BCUT2D eigenvalue weighted by molar-refractivity contribution is -0.192. The average Bonchev–Trinajstić information content (AvgIpc) is 2.18. The minimum absolute atomic E-state index is 0.380. The van der Waals surface area contributed by atoms with Crippen LogP contribution in [0.3, 0.4) is 0 Å². The molecule has 0 unspecified atom stereocenters. The number of nitrogens with zero attached hydrogens (tertiary/aromatic N) is 2. The first-order valence-electron chi connectivity index (χ1n) is 3.61. The Morgan fingerprint density at radius 1 is 1.31 bits per heavy atom. The van der Waals surface area contributed by atoms with Gasteiger partial charge in [-0.05, 0) is 6.07 Å². The molecule has 1 amide bonds. The molecule has 0 aliphatic rings.